The van der Waals surface area contributed by atoms with Crippen LogP contribution in [0.3, 0.4) is 0 Å². The third-order valence-electron chi connectivity index (χ3n) is 3.42. The molecule has 3 nitrogen and oxygen atoms in total. The average molecular weight is 312 g/mol. The van der Waals surface area contributed by atoms with E-state index in [1.54, 1.807) is 0 Å². The van der Waals surface area contributed by atoms with E-state index >= 15 is 0 Å². The molecule has 1 rings (SSSR count). The first-order valence-electron chi connectivity index (χ1n) is 7.67. The maximum Gasteiger partial charge on any atom is 0.254 e. The van der Waals surface area contributed by atoms with Gasteiger partial charge < -0.3 is 9.64 Å². The van der Waals surface area contributed by atoms with Gasteiger partial charge in [0.15, 0.2) is 0 Å². The fraction of sp³-hybridized carbons (Fsp3) is 0.588. The molecule has 0 fully saturated rings. The van der Waals surface area contributed by atoms with Gasteiger partial charge in [0.05, 0.1) is 6.10 Å². The van der Waals surface area contributed by atoms with Crippen molar-refractivity contribution in [1.29, 1.82) is 0 Å². The Morgan fingerprint density at radius 3 is 2.48 bits per heavy atom. The van der Waals surface area contributed by atoms with Crippen LogP contribution >= 0.6 is 11.6 Å². The number of halogens is 1. The highest BCUT2D eigenvalue weighted by atomic mass is 35.5. The summed E-state index contributed by atoms with van der Waals surface area (Å²) in [5.74, 6) is 1.20. The van der Waals surface area contributed by atoms with Crippen molar-refractivity contribution >= 4 is 17.5 Å². The summed E-state index contributed by atoms with van der Waals surface area (Å²) in [6, 6.07) is 7.60. The smallest absolute Gasteiger partial charge is 0.254 e. The molecule has 0 aliphatic heterocycles. The summed E-state index contributed by atoms with van der Waals surface area (Å²) in [5.41, 5.74) is 0.658. The van der Waals surface area contributed by atoms with Gasteiger partial charge in [0.2, 0.25) is 0 Å². The molecule has 0 bridgehead atoms. The van der Waals surface area contributed by atoms with Crippen molar-refractivity contribution in [3.8, 4) is 5.75 Å². The summed E-state index contributed by atoms with van der Waals surface area (Å²) in [6.07, 6.45) is 1.95. The first-order valence-corrected chi connectivity index (χ1v) is 8.20. The van der Waals surface area contributed by atoms with E-state index in [4.69, 9.17) is 16.3 Å². The summed E-state index contributed by atoms with van der Waals surface area (Å²) >= 11 is 5.87. The van der Waals surface area contributed by atoms with Crippen molar-refractivity contribution < 1.29 is 9.53 Å². The number of amides is 1. The first-order chi connectivity index (χ1) is 10.0. The highest BCUT2D eigenvalue weighted by Gasteiger charge is 2.22. The lowest BCUT2D eigenvalue weighted by atomic mass is 10.1. The van der Waals surface area contributed by atoms with E-state index in [1.165, 1.54) is 0 Å². The highest BCUT2D eigenvalue weighted by Crippen LogP contribution is 2.19. The summed E-state index contributed by atoms with van der Waals surface area (Å²) in [5, 5.41) is 0. The fourth-order valence-electron chi connectivity index (χ4n) is 2.41. The Hall–Kier alpha value is -1.22. The van der Waals surface area contributed by atoms with Crippen LogP contribution in [0.4, 0.5) is 0 Å². The molecule has 0 aromatic heterocycles. The first kappa shape index (κ1) is 17.8. The zero-order valence-electron chi connectivity index (χ0n) is 13.4. The second-order valence-corrected chi connectivity index (χ2v) is 5.73. The van der Waals surface area contributed by atoms with Crippen molar-refractivity contribution in [3.63, 3.8) is 0 Å². The Morgan fingerprint density at radius 1 is 1.29 bits per heavy atom. The van der Waals surface area contributed by atoms with E-state index in [0.717, 1.165) is 18.6 Å². The highest BCUT2D eigenvalue weighted by molar-refractivity contribution is 6.18. The molecule has 0 N–H and O–H groups in total. The van der Waals surface area contributed by atoms with E-state index in [-0.39, 0.29) is 18.1 Å². The SMILES string of the molecule is CCC(CC)N(CCCl)C(=O)c1cccc(OC(C)C)c1. The Labute approximate surface area is 133 Å². The van der Waals surface area contributed by atoms with Gasteiger partial charge in [-0.2, -0.15) is 0 Å². The van der Waals surface area contributed by atoms with Crippen molar-refractivity contribution in [2.45, 2.75) is 52.7 Å². The van der Waals surface area contributed by atoms with Crippen LogP contribution in [0.25, 0.3) is 0 Å². The molecule has 0 atom stereocenters. The van der Waals surface area contributed by atoms with Gasteiger partial charge in [-0.25, -0.2) is 0 Å². The Balaban J connectivity index is 2.97. The van der Waals surface area contributed by atoms with E-state index < -0.39 is 0 Å². The summed E-state index contributed by atoms with van der Waals surface area (Å²) in [6.45, 7) is 8.71. The van der Waals surface area contributed by atoms with Crippen LogP contribution in [0.2, 0.25) is 0 Å². The minimum Gasteiger partial charge on any atom is -0.491 e. The Kier molecular flexibility index (Phi) is 7.58. The molecule has 4 heteroatoms. The molecule has 0 saturated heterocycles. The molecule has 0 heterocycles. The van der Waals surface area contributed by atoms with Gasteiger partial charge in [-0.3, -0.25) is 4.79 Å². The van der Waals surface area contributed by atoms with Crippen molar-refractivity contribution in [1.82, 2.24) is 4.90 Å². The number of hydrogen-bond acceptors (Lipinski definition) is 2. The third kappa shape index (κ3) is 5.24. The monoisotopic (exact) mass is 311 g/mol. The molecule has 118 valence electrons. The van der Waals surface area contributed by atoms with Crippen molar-refractivity contribution in [3.05, 3.63) is 29.8 Å². The van der Waals surface area contributed by atoms with Gasteiger partial charge in [0.25, 0.3) is 5.91 Å². The van der Waals surface area contributed by atoms with Crippen LogP contribution in [0, 0.1) is 0 Å². The van der Waals surface area contributed by atoms with Crippen LogP contribution in [0.15, 0.2) is 24.3 Å². The quantitative estimate of drug-likeness (QED) is 0.668. The number of hydrogen-bond donors (Lipinski definition) is 0. The normalized spacial score (nSPS) is 11.0. The minimum absolute atomic E-state index is 0.0264. The molecule has 1 aromatic carbocycles. The summed E-state index contributed by atoms with van der Waals surface area (Å²) in [4.78, 5) is 14.6. The predicted molar refractivity (Wildman–Crippen MR) is 88.3 cm³/mol. The largest absolute Gasteiger partial charge is 0.491 e. The van der Waals surface area contributed by atoms with Gasteiger partial charge >= 0.3 is 0 Å². The minimum atomic E-state index is 0.0264. The molecule has 0 radical (unpaired) electrons. The second-order valence-electron chi connectivity index (χ2n) is 5.35. The molecule has 0 aliphatic rings. The third-order valence-corrected chi connectivity index (χ3v) is 3.59. The molecule has 21 heavy (non-hydrogen) atoms. The fourth-order valence-corrected chi connectivity index (χ4v) is 2.59. The molecule has 0 spiro atoms. The van der Waals surface area contributed by atoms with Crippen LogP contribution in [-0.4, -0.2) is 35.4 Å². The summed E-state index contributed by atoms with van der Waals surface area (Å²) < 4.78 is 5.66. The summed E-state index contributed by atoms with van der Waals surface area (Å²) in [7, 11) is 0. The van der Waals surface area contributed by atoms with E-state index in [1.807, 2.05) is 43.0 Å². The molecule has 0 saturated carbocycles. The van der Waals surface area contributed by atoms with Gasteiger partial charge in [-0.05, 0) is 44.9 Å². The maximum atomic E-state index is 12.7. The van der Waals surface area contributed by atoms with Crippen LogP contribution in [0.1, 0.15) is 50.9 Å². The molecule has 0 unspecified atom stereocenters. The number of ether oxygens (including phenoxy) is 1. The number of carbonyl (C=O) groups excluding carboxylic acids is 1. The molecular formula is C17H26ClNO2. The lowest BCUT2D eigenvalue weighted by Crippen LogP contribution is -2.41. The average Bonchev–Trinajstić information content (AvgIpc) is 2.46. The van der Waals surface area contributed by atoms with Gasteiger partial charge in [0.1, 0.15) is 5.75 Å². The molecule has 1 aromatic rings. The topological polar surface area (TPSA) is 29.5 Å². The molecule has 0 aliphatic carbocycles. The maximum absolute atomic E-state index is 12.7. The van der Waals surface area contributed by atoms with Crippen molar-refractivity contribution in [2.75, 3.05) is 12.4 Å². The zero-order chi connectivity index (χ0) is 15.8. The van der Waals surface area contributed by atoms with Crippen LogP contribution in [-0.2, 0) is 0 Å². The Morgan fingerprint density at radius 2 is 1.95 bits per heavy atom. The second kappa shape index (κ2) is 8.93. The number of carbonyl (C=O) groups is 1. The molecular weight excluding hydrogens is 286 g/mol. The number of nitrogens with zero attached hydrogens (tertiary/aromatic N) is 1. The van der Waals surface area contributed by atoms with Crippen LogP contribution < -0.4 is 4.74 Å². The number of alkyl halides is 1. The lowest BCUT2D eigenvalue weighted by Gasteiger charge is -2.30. The zero-order valence-corrected chi connectivity index (χ0v) is 14.2. The predicted octanol–water partition coefficient (Wildman–Crippen LogP) is 4.34. The van der Waals surface area contributed by atoms with Gasteiger partial charge in [-0.1, -0.05) is 19.9 Å². The van der Waals surface area contributed by atoms with Crippen LogP contribution in [0.5, 0.6) is 5.75 Å². The van der Waals surface area contributed by atoms with E-state index in [2.05, 4.69) is 13.8 Å². The van der Waals surface area contributed by atoms with E-state index in [9.17, 15) is 4.79 Å². The van der Waals surface area contributed by atoms with Gasteiger partial charge in [0, 0.05) is 24.0 Å². The number of benzene rings is 1. The Bertz CT molecular complexity index is 444. The van der Waals surface area contributed by atoms with Crippen molar-refractivity contribution in [2.24, 2.45) is 0 Å². The standard InChI is InChI=1S/C17H26ClNO2/c1-5-15(6-2)19(11-10-18)17(20)14-8-7-9-16(12-14)21-13(3)4/h7-9,12-13,15H,5-6,10-11H2,1-4H3. The number of rotatable bonds is 8. The van der Waals surface area contributed by atoms with Gasteiger partial charge in [-0.15, -0.1) is 11.6 Å². The van der Waals surface area contributed by atoms with E-state index in [0.29, 0.717) is 18.0 Å². The molecule has 1 amide bonds. The lowest BCUT2D eigenvalue weighted by molar-refractivity contribution is 0.0681.